The normalized spacial score (nSPS) is 14.8. The van der Waals surface area contributed by atoms with Crippen LogP contribution in [0, 0.1) is 17.6 Å². The van der Waals surface area contributed by atoms with Crippen LogP contribution in [0.4, 0.5) is 8.78 Å². The highest BCUT2D eigenvalue weighted by molar-refractivity contribution is 5.94. The zero-order valence-electron chi connectivity index (χ0n) is 15.0. The van der Waals surface area contributed by atoms with Crippen LogP contribution in [-0.2, 0) is 11.2 Å². The van der Waals surface area contributed by atoms with Crippen LogP contribution in [0.15, 0.2) is 48.5 Å². The zero-order valence-corrected chi connectivity index (χ0v) is 15.0. The van der Waals surface area contributed by atoms with Crippen molar-refractivity contribution in [1.82, 2.24) is 10.2 Å². The standard InChI is InChI=1S/C21H22F2N2O2/c22-18-6-4-15(5-7-18)8-11-24-20(26)16-9-12-25(13-10-16)21(27)17-2-1-3-19(23)14-17/h1-7,14,16H,8-13H2,(H,24,26). The molecule has 3 rings (SSSR count). The van der Waals surface area contributed by atoms with Gasteiger partial charge in [0, 0.05) is 31.1 Å². The van der Waals surface area contributed by atoms with Crippen molar-refractivity contribution in [1.29, 1.82) is 0 Å². The van der Waals surface area contributed by atoms with E-state index in [1.807, 2.05) is 0 Å². The van der Waals surface area contributed by atoms with Gasteiger partial charge in [-0.3, -0.25) is 9.59 Å². The number of amides is 2. The monoisotopic (exact) mass is 372 g/mol. The molecule has 2 aromatic rings. The van der Waals surface area contributed by atoms with E-state index in [4.69, 9.17) is 0 Å². The van der Waals surface area contributed by atoms with Gasteiger partial charge in [-0.05, 0) is 55.2 Å². The maximum atomic E-state index is 13.3. The second kappa shape index (κ2) is 8.75. The predicted molar refractivity (Wildman–Crippen MR) is 98.1 cm³/mol. The number of benzene rings is 2. The lowest BCUT2D eigenvalue weighted by atomic mass is 9.95. The van der Waals surface area contributed by atoms with Crippen molar-refractivity contribution in [2.45, 2.75) is 19.3 Å². The number of halogens is 2. The first-order valence-electron chi connectivity index (χ1n) is 9.10. The molecule has 0 radical (unpaired) electrons. The summed E-state index contributed by atoms with van der Waals surface area (Å²) in [5.74, 6) is -1.06. The van der Waals surface area contributed by atoms with E-state index in [1.165, 1.54) is 30.3 Å². The molecule has 142 valence electrons. The van der Waals surface area contributed by atoms with Crippen LogP contribution in [-0.4, -0.2) is 36.3 Å². The molecular weight excluding hydrogens is 350 g/mol. The third-order valence-corrected chi connectivity index (χ3v) is 4.85. The van der Waals surface area contributed by atoms with Gasteiger partial charge in [-0.2, -0.15) is 0 Å². The predicted octanol–water partition coefficient (Wildman–Crippen LogP) is 3.18. The molecule has 1 saturated heterocycles. The van der Waals surface area contributed by atoms with Crippen LogP contribution in [0.3, 0.4) is 0 Å². The first kappa shape index (κ1) is 19.0. The number of rotatable bonds is 5. The Hall–Kier alpha value is -2.76. The van der Waals surface area contributed by atoms with Crippen molar-refractivity contribution in [2.24, 2.45) is 5.92 Å². The third-order valence-electron chi connectivity index (χ3n) is 4.85. The van der Waals surface area contributed by atoms with Gasteiger partial charge in [0.1, 0.15) is 11.6 Å². The molecule has 0 spiro atoms. The van der Waals surface area contributed by atoms with Crippen LogP contribution in [0.25, 0.3) is 0 Å². The number of nitrogens with zero attached hydrogens (tertiary/aromatic N) is 1. The summed E-state index contributed by atoms with van der Waals surface area (Å²) in [6.45, 7) is 1.45. The molecule has 1 aliphatic heterocycles. The molecule has 1 N–H and O–H groups in total. The Morgan fingerprint density at radius 1 is 1.00 bits per heavy atom. The Balaban J connectivity index is 1.43. The minimum Gasteiger partial charge on any atom is -0.356 e. The highest BCUT2D eigenvalue weighted by atomic mass is 19.1. The summed E-state index contributed by atoms with van der Waals surface area (Å²) in [6.07, 6.45) is 1.82. The van der Waals surface area contributed by atoms with E-state index in [9.17, 15) is 18.4 Å². The highest BCUT2D eigenvalue weighted by Crippen LogP contribution is 2.19. The van der Waals surface area contributed by atoms with Crippen LogP contribution in [0.5, 0.6) is 0 Å². The van der Waals surface area contributed by atoms with Crippen molar-refractivity contribution in [3.05, 3.63) is 71.3 Å². The molecule has 0 aliphatic carbocycles. The molecule has 0 bridgehead atoms. The fourth-order valence-electron chi connectivity index (χ4n) is 3.27. The molecule has 27 heavy (non-hydrogen) atoms. The second-order valence-corrected chi connectivity index (χ2v) is 6.74. The summed E-state index contributed by atoms with van der Waals surface area (Å²) in [5.41, 5.74) is 1.30. The highest BCUT2D eigenvalue weighted by Gasteiger charge is 2.27. The van der Waals surface area contributed by atoms with E-state index in [-0.39, 0.29) is 23.5 Å². The summed E-state index contributed by atoms with van der Waals surface area (Å²) in [6, 6.07) is 11.9. The molecule has 1 aliphatic rings. The molecule has 0 unspecified atom stereocenters. The summed E-state index contributed by atoms with van der Waals surface area (Å²) in [4.78, 5) is 26.4. The Bertz CT molecular complexity index is 800. The first-order valence-corrected chi connectivity index (χ1v) is 9.10. The fourth-order valence-corrected chi connectivity index (χ4v) is 3.27. The summed E-state index contributed by atoms with van der Waals surface area (Å²) in [7, 11) is 0. The van der Waals surface area contributed by atoms with Crippen molar-refractivity contribution in [3.8, 4) is 0 Å². The Labute approximate surface area is 157 Å². The second-order valence-electron chi connectivity index (χ2n) is 6.74. The summed E-state index contributed by atoms with van der Waals surface area (Å²) >= 11 is 0. The lowest BCUT2D eigenvalue weighted by Crippen LogP contribution is -2.43. The lowest BCUT2D eigenvalue weighted by Gasteiger charge is -2.31. The van der Waals surface area contributed by atoms with Gasteiger partial charge < -0.3 is 10.2 Å². The van der Waals surface area contributed by atoms with E-state index in [0.29, 0.717) is 44.5 Å². The average Bonchev–Trinajstić information content (AvgIpc) is 2.69. The van der Waals surface area contributed by atoms with Gasteiger partial charge in [-0.25, -0.2) is 8.78 Å². The van der Waals surface area contributed by atoms with Gasteiger partial charge in [-0.15, -0.1) is 0 Å². The molecule has 6 heteroatoms. The first-order chi connectivity index (χ1) is 13.0. The van der Waals surface area contributed by atoms with Gasteiger partial charge in [0.15, 0.2) is 0 Å². The van der Waals surface area contributed by atoms with Crippen molar-refractivity contribution in [3.63, 3.8) is 0 Å². The third kappa shape index (κ3) is 5.12. The fraction of sp³-hybridized carbons (Fsp3) is 0.333. The van der Waals surface area contributed by atoms with E-state index < -0.39 is 5.82 Å². The quantitative estimate of drug-likeness (QED) is 0.876. The van der Waals surface area contributed by atoms with Crippen molar-refractivity contribution in [2.75, 3.05) is 19.6 Å². The molecule has 0 aromatic heterocycles. The number of likely N-dealkylation sites (tertiary alicyclic amines) is 1. The van der Waals surface area contributed by atoms with E-state index in [1.54, 1.807) is 23.1 Å². The van der Waals surface area contributed by atoms with Crippen LogP contribution >= 0.6 is 0 Å². The molecular formula is C21H22F2N2O2. The minimum absolute atomic E-state index is 0.0185. The lowest BCUT2D eigenvalue weighted by molar-refractivity contribution is -0.126. The molecule has 0 atom stereocenters. The number of hydrogen-bond acceptors (Lipinski definition) is 2. The van der Waals surface area contributed by atoms with Gasteiger partial charge in [0.2, 0.25) is 5.91 Å². The van der Waals surface area contributed by atoms with Crippen LogP contribution in [0.1, 0.15) is 28.8 Å². The topological polar surface area (TPSA) is 49.4 Å². The van der Waals surface area contributed by atoms with Crippen LogP contribution < -0.4 is 5.32 Å². The van der Waals surface area contributed by atoms with Gasteiger partial charge in [-0.1, -0.05) is 18.2 Å². The Morgan fingerprint density at radius 2 is 1.70 bits per heavy atom. The SMILES string of the molecule is O=C(NCCc1ccc(F)cc1)C1CCN(C(=O)c2cccc(F)c2)CC1. The van der Waals surface area contributed by atoms with Gasteiger partial charge in [0.05, 0.1) is 0 Å². The maximum Gasteiger partial charge on any atom is 0.253 e. The molecule has 2 aromatic carbocycles. The Morgan fingerprint density at radius 3 is 2.37 bits per heavy atom. The number of nitrogens with one attached hydrogen (secondary N) is 1. The zero-order chi connectivity index (χ0) is 19.2. The molecule has 4 nitrogen and oxygen atoms in total. The summed E-state index contributed by atoms with van der Waals surface area (Å²) in [5, 5.41) is 2.91. The molecule has 0 saturated carbocycles. The average molecular weight is 372 g/mol. The largest absolute Gasteiger partial charge is 0.356 e. The van der Waals surface area contributed by atoms with Gasteiger partial charge >= 0.3 is 0 Å². The maximum absolute atomic E-state index is 13.3. The minimum atomic E-state index is -0.434. The number of carbonyl (C=O) groups is 2. The number of hydrogen-bond donors (Lipinski definition) is 1. The smallest absolute Gasteiger partial charge is 0.253 e. The van der Waals surface area contributed by atoms with E-state index in [0.717, 1.165) is 5.56 Å². The van der Waals surface area contributed by atoms with E-state index in [2.05, 4.69) is 5.32 Å². The summed E-state index contributed by atoms with van der Waals surface area (Å²) < 4.78 is 26.2. The van der Waals surface area contributed by atoms with E-state index >= 15 is 0 Å². The van der Waals surface area contributed by atoms with Crippen molar-refractivity contribution >= 4 is 11.8 Å². The Kier molecular flexibility index (Phi) is 6.16. The molecule has 2 amide bonds. The van der Waals surface area contributed by atoms with Crippen molar-refractivity contribution < 1.29 is 18.4 Å². The molecule has 1 heterocycles. The number of carbonyl (C=O) groups excluding carboxylic acids is 2. The van der Waals surface area contributed by atoms with Gasteiger partial charge in [0.25, 0.3) is 5.91 Å². The molecule has 1 fully saturated rings. The number of piperidine rings is 1. The van der Waals surface area contributed by atoms with Crippen LogP contribution in [0.2, 0.25) is 0 Å².